The predicted molar refractivity (Wildman–Crippen MR) is 88.9 cm³/mol. The average Bonchev–Trinajstić information content (AvgIpc) is 2.86. The van der Waals surface area contributed by atoms with Gasteiger partial charge in [-0.2, -0.15) is 0 Å². The van der Waals surface area contributed by atoms with Gasteiger partial charge in [-0.05, 0) is 49.9 Å². The Morgan fingerprint density at radius 2 is 2.14 bits per heavy atom. The van der Waals surface area contributed by atoms with Gasteiger partial charge in [0.1, 0.15) is 0 Å². The Hall–Kier alpha value is -1.52. The molecule has 0 spiro atoms. The number of methoxy groups -OCH3 is 1. The second-order valence-electron chi connectivity index (χ2n) is 6.44. The molecule has 22 heavy (non-hydrogen) atoms. The maximum Gasteiger partial charge on any atom is 0.165 e. The number of thiophene rings is 1. The molecule has 0 saturated heterocycles. The summed E-state index contributed by atoms with van der Waals surface area (Å²) in [4.78, 5) is 5.53. The normalized spacial score (nSPS) is 23.6. The maximum absolute atomic E-state index is 10.0. The van der Waals surface area contributed by atoms with Gasteiger partial charge in [0.25, 0.3) is 0 Å². The van der Waals surface area contributed by atoms with Crippen molar-refractivity contribution >= 4 is 11.3 Å². The summed E-state index contributed by atoms with van der Waals surface area (Å²) in [5.74, 6) is 0.895. The average molecular weight is 315 g/mol. The lowest BCUT2D eigenvalue weighted by atomic mass is 9.84. The fourth-order valence-electron chi connectivity index (χ4n) is 4.03. The largest absolute Gasteiger partial charge is 0.504 e. The number of phenols is 1. The molecule has 0 aliphatic carbocycles. The number of hydrogen-bond donors (Lipinski definition) is 1. The zero-order valence-electron chi connectivity index (χ0n) is 13.2. The molecule has 1 aromatic heterocycles. The summed E-state index contributed by atoms with van der Waals surface area (Å²) in [6, 6.07) is 7.18. The van der Waals surface area contributed by atoms with Gasteiger partial charge >= 0.3 is 0 Å². The second-order valence-corrected chi connectivity index (χ2v) is 7.78. The van der Waals surface area contributed by atoms with Crippen LogP contribution in [-0.4, -0.2) is 23.2 Å². The number of fused-ring (bicyclic) bond motifs is 4. The Morgan fingerprint density at radius 3 is 2.91 bits per heavy atom. The van der Waals surface area contributed by atoms with Crippen LogP contribution in [0.1, 0.15) is 39.4 Å². The molecule has 2 aromatic rings. The lowest BCUT2D eigenvalue weighted by molar-refractivity contribution is 0.106. The van der Waals surface area contributed by atoms with Crippen LogP contribution in [0.15, 0.2) is 18.2 Å². The molecule has 0 fully saturated rings. The maximum atomic E-state index is 10.0. The minimum atomic E-state index is 0.247. The monoisotopic (exact) mass is 315 g/mol. The summed E-state index contributed by atoms with van der Waals surface area (Å²) in [6.45, 7) is 5.37. The van der Waals surface area contributed by atoms with Crippen LogP contribution in [0.5, 0.6) is 11.5 Å². The quantitative estimate of drug-likeness (QED) is 0.868. The van der Waals surface area contributed by atoms with E-state index in [0.29, 0.717) is 17.8 Å². The molecule has 1 aromatic carbocycles. The third-order valence-electron chi connectivity index (χ3n) is 5.07. The topological polar surface area (TPSA) is 32.7 Å². The summed E-state index contributed by atoms with van der Waals surface area (Å²) in [6.07, 6.45) is 2.13. The van der Waals surface area contributed by atoms with Crippen molar-refractivity contribution in [3.8, 4) is 11.5 Å². The molecule has 3 heterocycles. The van der Waals surface area contributed by atoms with E-state index in [1.54, 1.807) is 18.1 Å². The van der Waals surface area contributed by atoms with Gasteiger partial charge in [-0.25, -0.2) is 0 Å². The van der Waals surface area contributed by atoms with Crippen molar-refractivity contribution in [1.29, 1.82) is 0 Å². The number of aryl methyl sites for hydroxylation is 1. The van der Waals surface area contributed by atoms with Crippen LogP contribution in [0.3, 0.4) is 0 Å². The van der Waals surface area contributed by atoms with E-state index < -0.39 is 0 Å². The zero-order valence-corrected chi connectivity index (χ0v) is 14.0. The third kappa shape index (κ3) is 1.97. The molecule has 0 amide bonds. The second kappa shape index (κ2) is 5.00. The van der Waals surface area contributed by atoms with Crippen LogP contribution in [0.4, 0.5) is 0 Å². The molecule has 0 saturated carbocycles. The summed E-state index contributed by atoms with van der Waals surface area (Å²) in [5, 5.41) is 10.0. The van der Waals surface area contributed by atoms with Crippen LogP contribution in [0, 0.1) is 6.92 Å². The highest BCUT2D eigenvalue weighted by Crippen LogP contribution is 2.46. The lowest BCUT2D eigenvalue weighted by Gasteiger charge is -2.44. The van der Waals surface area contributed by atoms with Crippen molar-refractivity contribution < 1.29 is 9.84 Å². The van der Waals surface area contributed by atoms with Gasteiger partial charge in [-0.1, -0.05) is 6.07 Å². The molecule has 2 aliphatic heterocycles. The van der Waals surface area contributed by atoms with Crippen LogP contribution in [0.2, 0.25) is 0 Å². The standard InChI is InChI=1S/C18H21NO2S/c1-10-6-17-13(7-11(2)22-17)15-8-12-4-5-16(20)18(21-3)14(12)9-19(10)15/h4-5,7,10,15,20H,6,8-9H2,1-3H3/t10-,15?/m0/s1. The Balaban J connectivity index is 1.82. The third-order valence-corrected chi connectivity index (χ3v) is 6.15. The van der Waals surface area contributed by atoms with Gasteiger partial charge < -0.3 is 9.84 Å². The van der Waals surface area contributed by atoms with Crippen molar-refractivity contribution in [2.75, 3.05) is 7.11 Å². The first kappa shape index (κ1) is 14.1. The smallest absolute Gasteiger partial charge is 0.165 e. The molecule has 3 nitrogen and oxygen atoms in total. The van der Waals surface area contributed by atoms with Crippen LogP contribution in [0.25, 0.3) is 0 Å². The molecule has 0 radical (unpaired) electrons. The number of aromatic hydroxyl groups is 1. The zero-order chi connectivity index (χ0) is 15.4. The van der Waals surface area contributed by atoms with E-state index in [9.17, 15) is 5.11 Å². The number of nitrogens with zero attached hydrogens (tertiary/aromatic N) is 1. The van der Waals surface area contributed by atoms with E-state index >= 15 is 0 Å². The molecule has 1 unspecified atom stereocenters. The molecule has 116 valence electrons. The van der Waals surface area contributed by atoms with E-state index in [4.69, 9.17) is 4.74 Å². The summed E-state index contributed by atoms with van der Waals surface area (Å²) in [7, 11) is 1.64. The molecule has 2 aliphatic rings. The highest BCUT2D eigenvalue weighted by Gasteiger charge is 2.38. The molecule has 1 N–H and O–H groups in total. The van der Waals surface area contributed by atoms with Crippen LogP contribution in [-0.2, 0) is 19.4 Å². The van der Waals surface area contributed by atoms with Gasteiger partial charge in [0.05, 0.1) is 7.11 Å². The van der Waals surface area contributed by atoms with E-state index in [0.717, 1.165) is 24.9 Å². The minimum Gasteiger partial charge on any atom is -0.504 e. The van der Waals surface area contributed by atoms with Crippen molar-refractivity contribution in [3.05, 3.63) is 44.6 Å². The van der Waals surface area contributed by atoms with Gasteiger partial charge in [0.2, 0.25) is 0 Å². The molecular weight excluding hydrogens is 294 g/mol. The first-order valence-corrected chi connectivity index (χ1v) is 8.62. The Labute approximate surface area is 135 Å². The minimum absolute atomic E-state index is 0.247. The molecule has 2 atom stereocenters. The highest BCUT2D eigenvalue weighted by molar-refractivity contribution is 7.12. The summed E-state index contributed by atoms with van der Waals surface area (Å²) < 4.78 is 5.46. The van der Waals surface area contributed by atoms with Gasteiger partial charge in [0, 0.05) is 33.9 Å². The Morgan fingerprint density at radius 1 is 1.32 bits per heavy atom. The molecule has 4 heteroatoms. The van der Waals surface area contributed by atoms with Gasteiger partial charge in [0.15, 0.2) is 11.5 Å². The first-order chi connectivity index (χ1) is 10.6. The molecular formula is C18H21NO2S. The first-order valence-electron chi connectivity index (χ1n) is 7.81. The Bertz CT molecular complexity index is 737. The molecule has 4 rings (SSSR count). The Kier molecular flexibility index (Phi) is 3.20. The molecule has 0 bridgehead atoms. The van der Waals surface area contributed by atoms with Crippen LogP contribution >= 0.6 is 11.3 Å². The van der Waals surface area contributed by atoms with E-state index in [-0.39, 0.29) is 5.75 Å². The van der Waals surface area contributed by atoms with E-state index in [1.165, 1.54) is 16.0 Å². The summed E-state index contributed by atoms with van der Waals surface area (Å²) in [5.41, 5.74) is 3.97. The fourth-order valence-corrected chi connectivity index (χ4v) is 5.24. The number of rotatable bonds is 1. The number of ether oxygens (including phenoxy) is 1. The number of benzene rings is 1. The van der Waals surface area contributed by atoms with Crippen LogP contribution < -0.4 is 4.74 Å². The van der Waals surface area contributed by atoms with Crippen molar-refractivity contribution in [2.45, 2.75) is 45.3 Å². The van der Waals surface area contributed by atoms with Crippen molar-refractivity contribution in [2.24, 2.45) is 0 Å². The summed E-state index contributed by atoms with van der Waals surface area (Å²) >= 11 is 1.95. The van der Waals surface area contributed by atoms with E-state index in [2.05, 4.69) is 30.9 Å². The SMILES string of the molecule is COc1c(O)ccc2c1CN1C(C2)c2cc(C)sc2C[C@@H]1C. The van der Waals surface area contributed by atoms with Gasteiger partial charge in [-0.3, -0.25) is 4.90 Å². The number of phenolic OH excluding ortho intramolecular Hbond substituents is 1. The van der Waals surface area contributed by atoms with E-state index in [1.807, 2.05) is 11.3 Å². The van der Waals surface area contributed by atoms with Crippen molar-refractivity contribution in [3.63, 3.8) is 0 Å². The van der Waals surface area contributed by atoms with Gasteiger partial charge in [-0.15, -0.1) is 11.3 Å². The highest BCUT2D eigenvalue weighted by atomic mass is 32.1. The fraction of sp³-hybridized carbons (Fsp3) is 0.444. The van der Waals surface area contributed by atoms with Crippen molar-refractivity contribution in [1.82, 2.24) is 4.90 Å². The predicted octanol–water partition coefficient (Wildman–Crippen LogP) is 3.81. The lowest BCUT2D eigenvalue weighted by Crippen LogP contribution is -2.44. The number of hydrogen-bond acceptors (Lipinski definition) is 4.